The Balaban J connectivity index is 3.07. The largest absolute Gasteiger partial charge is 0.504 e. The molecule has 0 aromatic heterocycles. The SMILES string of the molecule is CCNc1ccc(ON)c(O)c1C. The molecule has 0 spiro atoms. The van der Waals surface area contributed by atoms with Crippen molar-refractivity contribution in [3.63, 3.8) is 0 Å². The molecule has 0 heterocycles. The predicted molar refractivity (Wildman–Crippen MR) is 51.8 cm³/mol. The molecular formula is C9H14N2O2. The average Bonchev–Trinajstić information content (AvgIpc) is 2.14. The molecule has 1 rings (SSSR count). The summed E-state index contributed by atoms with van der Waals surface area (Å²) < 4.78 is 0. The van der Waals surface area contributed by atoms with Gasteiger partial charge in [0.15, 0.2) is 11.5 Å². The zero-order chi connectivity index (χ0) is 9.84. The van der Waals surface area contributed by atoms with Crippen LogP contribution in [0.4, 0.5) is 5.69 Å². The molecule has 0 radical (unpaired) electrons. The number of nitrogens with two attached hydrogens (primary N) is 1. The van der Waals surface area contributed by atoms with Crippen LogP contribution in [0.15, 0.2) is 12.1 Å². The van der Waals surface area contributed by atoms with Crippen LogP contribution in [-0.4, -0.2) is 11.7 Å². The van der Waals surface area contributed by atoms with E-state index in [0.29, 0.717) is 5.75 Å². The fraction of sp³-hybridized carbons (Fsp3) is 0.333. The second-order valence-corrected chi connectivity index (χ2v) is 2.73. The van der Waals surface area contributed by atoms with Crippen molar-refractivity contribution in [3.05, 3.63) is 17.7 Å². The Bertz CT molecular complexity index is 300. The van der Waals surface area contributed by atoms with Gasteiger partial charge in [-0.25, -0.2) is 0 Å². The average molecular weight is 182 g/mol. The van der Waals surface area contributed by atoms with E-state index in [-0.39, 0.29) is 5.75 Å². The van der Waals surface area contributed by atoms with Crippen molar-refractivity contribution < 1.29 is 9.94 Å². The van der Waals surface area contributed by atoms with Crippen LogP contribution in [0.2, 0.25) is 0 Å². The first kappa shape index (κ1) is 9.67. The van der Waals surface area contributed by atoms with Crippen LogP contribution in [0.5, 0.6) is 11.5 Å². The molecule has 4 heteroatoms. The van der Waals surface area contributed by atoms with Crippen LogP contribution in [0, 0.1) is 6.92 Å². The maximum Gasteiger partial charge on any atom is 0.188 e. The van der Waals surface area contributed by atoms with Gasteiger partial charge in [0.25, 0.3) is 0 Å². The van der Waals surface area contributed by atoms with Crippen LogP contribution in [0.3, 0.4) is 0 Å². The highest BCUT2D eigenvalue weighted by Crippen LogP contribution is 2.33. The third-order valence-electron chi connectivity index (χ3n) is 1.89. The highest BCUT2D eigenvalue weighted by molar-refractivity contribution is 5.61. The van der Waals surface area contributed by atoms with Crippen molar-refractivity contribution in [2.75, 3.05) is 11.9 Å². The highest BCUT2D eigenvalue weighted by Gasteiger charge is 2.08. The minimum atomic E-state index is 0.0842. The molecule has 72 valence electrons. The van der Waals surface area contributed by atoms with Gasteiger partial charge in [-0.05, 0) is 26.0 Å². The van der Waals surface area contributed by atoms with Crippen LogP contribution in [0.25, 0.3) is 0 Å². The molecule has 4 nitrogen and oxygen atoms in total. The molecule has 0 aliphatic rings. The number of rotatable bonds is 3. The Morgan fingerprint density at radius 2 is 2.23 bits per heavy atom. The molecule has 0 amide bonds. The standard InChI is InChI=1S/C9H14N2O2/c1-3-11-7-4-5-8(13-10)9(12)6(7)2/h4-5,11-12H,3,10H2,1-2H3. The van der Waals surface area contributed by atoms with E-state index in [9.17, 15) is 5.11 Å². The monoisotopic (exact) mass is 182 g/mol. The van der Waals surface area contributed by atoms with Crippen molar-refractivity contribution in [2.45, 2.75) is 13.8 Å². The summed E-state index contributed by atoms with van der Waals surface area (Å²) in [6.45, 7) is 4.60. The smallest absolute Gasteiger partial charge is 0.188 e. The number of hydrogen-bond donors (Lipinski definition) is 3. The lowest BCUT2D eigenvalue weighted by Crippen LogP contribution is -2.04. The fourth-order valence-corrected chi connectivity index (χ4v) is 1.15. The first-order chi connectivity index (χ1) is 6.20. The first-order valence-electron chi connectivity index (χ1n) is 4.13. The number of benzene rings is 1. The molecule has 0 bridgehead atoms. The first-order valence-corrected chi connectivity index (χ1v) is 4.13. The molecule has 0 aliphatic carbocycles. The second kappa shape index (κ2) is 4.00. The Kier molecular flexibility index (Phi) is 2.97. The molecule has 0 aliphatic heterocycles. The zero-order valence-electron chi connectivity index (χ0n) is 7.79. The van der Waals surface area contributed by atoms with Crippen molar-refractivity contribution in [1.82, 2.24) is 0 Å². The van der Waals surface area contributed by atoms with E-state index in [1.165, 1.54) is 0 Å². The molecule has 4 N–H and O–H groups in total. The van der Waals surface area contributed by atoms with Gasteiger partial charge in [0.1, 0.15) is 0 Å². The molecule has 1 aromatic carbocycles. The van der Waals surface area contributed by atoms with Crippen LogP contribution >= 0.6 is 0 Å². The summed E-state index contributed by atoms with van der Waals surface area (Å²) in [5.41, 5.74) is 1.63. The van der Waals surface area contributed by atoms with Gasteiger partial charge in [-0.2, -0.15) is 5.90 Å². The summed E-state index contributed by atoms with van der Waals surface area (Å²) in [4.78, 5) is 4.48. The number of anilines is 1. The molecule has 1 aromatic rings. The summed E-state index contributed by atoms with van der Waals surface area (Å²) in [7, 11) is 0. The van der Waals surface area contributed by atoms with E-state index in [2.05, 4.69) is 10.2 Å². The van der Waals surface area contributed by atoms with Crippen LogP contribution in [0.1, 0.15) is 12.5 Å². The molecule has 0 unspecified atom stereocenters. The van der Waals surface area contributed by atoms with E-state index >= 15 is 0 Å². The van der Waals surface area contributed by atoms with Gasteiger partial charge < -0.3 is 15.3 Å². The highest BCUT2D eigenvalue weighted by atomic mass is 16.6. The topological polar surface area (TPSA) is 67.5 Å². The van der Waals surface area contributed by atoms with Crippen molar-refractivity contribution in [3.8, 4) is 11.5 Å². The third-order valence-corrected chi connectivity index (χ3v) is 1.89. The summed E-state index contributed by atoms with van der Waals surface area (Å²) >= 11 is 0. The summed E-state index contributed by atoms with van der Waals surface area (Å²) in [6.07, 6.45) is 0. The van der Waals surface area contributed by atoms with Crippen molar-refractivity contribution in [2.24, 2.45) is 5.90 Å². The van der Waals surface area contributed by atoms with E-state index in [1.54, 1.807) is 13.0 Å². The molecular weight excluding hydrogens is 168 g/mol. The summed E-state index contributed by atoms with van der Waals surface area (Å²) in [5.74, 6) is 5.34. The van der Waals surface area contributed by atoms with E-state index in [0.717, 1.165) is 17.8 Å². The van der Waals surface area contributed by atoms with Gasteiger partial charge in [-0.15, -0.1) is 0 Å². The molecule has 0 saturated carbocycles. The lowest BCUT2D eigenvalue weighted by Gasteiger charge is -2.10. The molecule has 0 saturated heterocycles. The van der Waals surface area contributed by atoms with E-state index < -0.39 is 0 Å². The van der Waals surface area contributed by atoms with Gasteiger partial charge in [-0.3, -0.25) is 0 Å². The number of nitrogens with one attached hydrogen (secondary N) is 1. The fourth-order valence-electron chi connectivity index (χ4n) is 1.15. The maximum absolute atomic E-state index is 9.56. The summed E-state index contributed by atoms with van der Waals surface area (Å²) in [6, 6.07) is 3.45. The number of phenols is 1. The Labute approximate surface area is 77.3 Å². The van der Waals surface area contributed by atoms with Crippen LogP contribution in [-0.2, 0) is 0 Å². The Morgan fingerprint density at radius 3 is 2.77 bits per heavy atom. The van der Waals surface area contributed by atoms with Gasteiger partial charge in [-0.1, -0.05) is 0 Å². The molecule has 13 heavy (non-hydrogen) atoms. The van der Waals surface area contributed by atoms with Crippen LogP contribution < -0.4 is 16.1 Å². The van der Waals surface area contributed by atoms with Gasteiger partial charge >= 0.3 is 0 Å². The Hall–Kier alpha value is -1.42. The maximum atomic E-state index is 9.56. The van der Waals surface area contributed by atoms with Gasteiger partial charge in [0, 0.05) is 17.8 Å². The van der Waals surface area contributed by atoms with Crippen molar-refractivity contribution >= 4 is 5.69 Å². The summed E-state index contributed by atoms with van der Waals surface area (Å²) in [5, 5.41) is 12.7. The minimum Gasteiger partial charge on any atom is -0.504 e. The Morgan fingerprint density at radius 1 is 1.54 bits per heavy atom. The predicted octanol–water partition coefficient (Wildman–Crippen LogP) is 1.38. The molecule has 0 atom stereocenters. The number of hydrogen-bond acceptors (Lipinski definition) is 4. The van der Waals surface area contributed by atoms with E-state index in [1.807, 2.05) is 13.0 Å². The quantitative estimate of drug-likeness (QED) is 0.618. The number of aromatic hydroxyl groups is 1. The molecule has 0 fully saturated rings. The van der Waals surface area contributed by atoms with Crippen molar-refractivity contribution in [1.29, 1.82) is 0 Å². The number of phenolic OH excluding ortho intramolecular Hbond substituents is 1. The second-order valence-electron chi connectivity index (χ2n) is 2.73. The lowest BCUT2D eigenvalue weighted by molar-refractivity contribution is 0.312. The normalized spacial score (nSPS) is 9.77. The third kappa shape index (κ3) is 1.84. The van der Waals surface area contributed by atoms with Gasteiger partial charge in [0.05, 0.1) is 0 Å². The lowest BCUT2D eigenvalue weighted by atomic mass is 10.1. The minimum absolute atomic E-state index is 0.0842. The van der Waals surface area contributed by atoms with Gasteiger partial charge in [0.2, 0.25) is 0 Å². The zero-order valence-corrected chi connectivity index (χ0v) is 7.79. The van der Waals surface area contributed by atoms with E-state index in [4.69, 9.17) is 5.90 Å².